The van der Waals surface area contributed by atoms with Crippen molar-refractivity contribution in [1.29, 1.82) is 0 Å². The standard InChI is InChI=1S/C21H26ClN3O3/c1-15(26)25-13-20(21(14-25)9-10-23(2)19(21)28)7-11-24(12-8-20)18(27)16-3-5-17(22)6-4-16/h3-6H,7-14H2,1-2H3/t21-/m1/s1. The highest BCUT2D eigenvalue weighted by molar-refractivity contribution is 6.30. The fraction of sp³-hybridized carbons (Fsp3) is 0.571. The summed E-state index contributed by atoms with van der Waals surface area (Å²) in [5, 5.41) is 0.607. The highest BCUT2D eigenvalue weighted by atomic mass is 35.5. The zero-order chi connectivity index (χ0) is 20.1. The lowest BCUT2D eigenvalue weighted by Crippen LogP contribution is -2.53. The first kappa shape index (κ1) is 19.2. The quantitative estimate of drug-likeness (QED) is 0.722. The molecule has 3 fully saturated rings. The monoisotopic (exact) mass is 403 g/mol. The summed E-state index contributed by atoms with van der Waals surface area (Å²) in [4.78, 5) is 43.6. The topological polar surface area (TPSA) is 60.9 Å². The van der Waals surface area contributed by atoms with Crippen molar-refractivity contribution in [2.45, 2.75) is 26.2 Å². The Balaban J connectivity index is 1.56. The Morgan fingerprint density at radius 3 is 2.14 bits per heavy atom. The van der Waals surface area contributed by atoms with Crippen LogP contribution in [0.2, 0.25) is 5.02 Å². The number of benzene rings is 1. The van der Waals surface area contributed by atoms with Gasteiger partial charge in [-0.15, -0.1) is 0 Å². The minimum atomic E-state index is -0.497. The summed E-state index contributed by atoms with van der Waals surface area (Å²) < 4.78 is 0. The lowest BCUT2D eigenvalue weighted by molar-refractivity contribution is -0.141. The van der Waals surface area contributed by atoms with E-state index in [0.29, 0.717) is 36.8 Å². The molecule has 3 amide bonds. The predicted octanol–water partition coefficient (Wildman–Crippen LogP) is 2.27. The minimum absolute atomic E-state index is 0.00291. The van der Waals surface area contributed by atoms with Crippen LogP contribution in [0.1, 0.15) is 36.5 Å². The van der Waals surface area contributed by atoms with E-state index >= 15 is 0 Å². The molecule has 0 saturated carbocycles. The summed E-state index contributed by atoms with van der Waals surface area (Å²) in [5.41, 5.74) is -0.108. The number of likely N-dealkylation sites (tertiary alicyclic amines) is 3. The van der Waals surface area contributed by atoms with Gasteiger partial charge in [0.1, 0.15) is 0 Å². The molecule has 6 nitrogen and oxygen atoms in total. The molecule has 0 aliphatic carbocycles. The van der Waals surface area contributed by atoms with E-state index in [1.807, 2.05) is 16.8 Å². The van der Waals surface area contributed by atoms with Gasteiger partial charge in [0, 0.05) is 62.7 Å². The lowest BCUT2D eigenvalue weighted by atomic mass is 9.60. The maximum Gasteiger partial charge on any atom is 0.253 e. The van der Waals surface area contributed by atoms with Gasteiger partial charge in [-0.1, -0.05) is 11.6 Å². The van der Waals surface area contributed by atoms with Gasteiger partial charge < -0.3 is 14.7 Å². The molecule has 0 aromatic heterocycles. The summed E-state index contributed by atoms with van der Waals surface area (Å²) in [6.45, 7) is 4.65. The molecule has 1 atom stereocenters. The molecule has 3 aliphatic rings. The Labute approximate surface area is 170 Å². The van der Waals surface area contributed by atoms with Crippen molar-refractivity contribution < 1.29 is 14.4 Å². The van der Waals surface area contributed by atoms with E-state index in [1.54, 1.807) is 36.1 Å². The fourth-order valence-corrected chi connectivity index (χ4v) is 5.54. The molecule has 2 spiro atoms. The number of fused-ring (bicyclic) bond motifs is 1. The molecule has 1 aromatic rings. The molecule has 4 rings (SSSR count). The average Bonchev–Trinajstić information content (AvgIpc) is 3.16. The van der Waals surface area contributed by atoms with Crippen LogP contribution in [0.5, 0.6) is 0 Å². The van der Waals surface area contributed by atoms with Crippen molar-refractivity contribution in [2.24, 2.45) is 10.8 Å². The van der Waals surface area contributed by atoms with Crippen LogP contribution in [-0.2, 0) is 9.59 Å². The molecule has 1 aromatic carbocycles. The number of piperidine rings is 1. The third-order valence-corrected chi connectivity index (χ3v) is 7.40. The largest absolute Gasteiger partial charge is 0.345 e. The van der Waals surface area contributed by atoms with Crippen LogP contribution in [0.4, 0.5) is 0 Å². The minimum Gasteiger partial charge on any atom is -0.345 e. The van der Waals surface area contributed by atoms with Crippen molar-refractivity contribution in [3.05, 3.63) is 34.9 Å². The normalized spacial score (nSPS) is 26.5. The summed E-state index contributed by atoms with van der Waals surface area (Å²) in [6, 6.07) is 6.95. The molecule has 0 bridgehead atoms. The van der Waals surface area contributed by atoms with Crippen LogP contribution >= 0.6 is 11.6 Å². The lowest BCUT2D eigenvalue weighted by Gasteiger charge is -2.46. The number of halogens is 1. The molecule has 7 heteroatoms. The Kier molecular flexibility index (Phi) is 4.65. The van der Waals surface area contributed by atoms with Crippen molar-refractivity contribution in [2.75, 3.05) is 39.8 Å². The number of carbonyl (C=O) groups excluding carboxylic acids is 3. The van der Waals surface area contributed by atoms with Gasteiger partial charge in [0.05, 0.1) is 5.41 Å². The van der Waals surface area contributed by atoms with Gasteiger partial charge in [-0.2, -0.15) is 0 Å². The van der Waals surface area contributed by atoms with E-state index in [2.05, 4.69) is 0 Å². The zero-order valence-corrected chi connectivity index (χ0v) is 17.2. The first-order valence-corrected chi connectivity index (χ1v) is 10.2. The number of nitrogens with zero attached hydrogens (tertiary/aromatic N) is 3. The van der Waals surface area contributed by atoms with E-state index < -0.39 is 5.41 Å². The predicted molar refractivity (Wildman–Crippen MR) is 106 cm³/mol. The van der Waals surface area contributed by atoms with Crippen LogP contribution in [0, 0.1) is 10.8 Å². The third-order valence-electron chi connectivity index (χ3n) is 7.14. The first-order chi connectivity index (χ1) is 13.3. The SMILES string of the molecule is CC(=O)N1CC2(CCN(C(=O)c3ccc(Cl)cc3)CC2)[C@]2(CCN(C)C2=O)C1. The van der Waals surface area contributed by atoms with Crippen molar-refractivity contribution in [1.82, 2.24) is 14.7 Å². The fourth-order valence-electron chi connectivity index (χ4n) is 5.41. The smallest absolute Gasteiger partial charge is 0.253 e. The highest BCUT2D eigenvalue weighted by Gasteiger charge is 2.65. The third kappa shape index (κ3) is 2.81. The molecule has 3 heterocycles. The molecule has 3 saturated heterocycles. The summed E-state index contributed by atoms with van der Waals surface area (Å²) in [7, 11) is 1.85. The van der Waals surface area contributed by atoms with Crippen molar-refractivity contribution in [3.63, 3.8) is 0 Å². The van der Waals surface area contributed by atoms with E-state index in [9.17, 15) is 14.4 Å². The number of hydrogen-bond acceptors (Lipinski definition) is 3. The second-order valence-electron chi connectivity index (χ2n) is 8.51. The molecule has 0 unspecified atom stereocenters. The van der Waals surface area contributed by atoms with E-state index in [1.165, 1.54) is 0 Å². The molecule has 150 valence electrons. The van der Waals surface area contributed by atoms with Gasteiger partial charge in [0.25, 0.3) is 5.91 Å². The maximum atomic E-state index is 13.1. The zero-order valence-electron chi connectivity index (χ0n) is 16.4. The molecule has 3 aliphatic heterocycles. The van der Waals surface area contributed by atoms with Gasteiger partial charge in [0.2, 0.25) is 11.8 Å². The maximum absolute atomic E-state index is 13.1. The number of amides is 3. The van der Waals surface area contributed by atoms with Crippen molar-refractivity contribution in [3.8, 4) is 0 Å². The first-order valence-electron chi connectivity index (χ1n) is 9.84. The van der Waals surface area contributed by atoms with Gasteiger partial charge >= 0.3 is 0 Å². The van der Waals surface area contributed by atoms with Crippen LogP contribution in [0.3, 0.4) is 0 Å². The summed E-state index contributed by atoms with van der Waals surface area (Å²) in [6.07, 6.45) is 2.28. The van der Waals surface area contributed by atoms with Crippen molar-refractivity contribution >= 4 is 29.3 Å². The molecule has 28 heavy (non-hydrogen) atoms. The number of hydrogen-bond donors (Lipinski definition) is 0. The van der Waals surface area contributed by atoms with Crippen LogP contribution in [0.15, 0.2) is 24.3 Å². The Morgan fingerprint density at radius 2 is 1.61 bits per heavy atom. The van der Waals surface area contributed by atoms with Crippen LogP contribution in [-0.4, -0.2) is 72.2 Å². The van der Waals surface area contributed by atoms with Gasteiger partial charge in [-0.05, 0) is 43.5 Å². The second kappa shape index (κ2) is 6.76. The molecule has 0 radical (unpaired) electrons. The van der Waals surface area contributed by atoms with Crippen LogP contribution in [0.25, 0.3) is 0 Å². The second-order valence-corrected chi connectivity index (χ2v) is 8.95. The summed E-state index contributed by atoms with van der Waals surface area (Å²) >= 11 is 5.92. The number of carbonyl (C=O) groups is 3. The Hall–Kier alpha value is -2.08. The number of rotatable bonds is 1. The van der Waals surface area contributed by atoms with Gasteiger partial charge in [-0.25, -0.2) is 0 Å². The van der Waals surface area contributed by atoms with Gasteiger partial charge in [-0.3, -0.25) is 14.4 Å². The highest BCUT2D eigenvalue weighted by Crippen LogP contribution is 2.57. The Bertz CT molecular complexity index is 817. The van der Waals surface area contributed by atoms with E-state index in [0.717, 1.165) is 25.8 Å². The average molecular weight is 404 g/mol. The van der Waals surface area contributed by atoms with E-state index in [-0.39, 0.29) is 23.1 Å². The van der Waals surface area contributed by atoms with E-state index in [4.69, 9.17) is 11.6 Å². The summed E-state index contributed by atoms with van der Waals surface area (Å²) in [5.74, 6) is 0.184. The molecular formula is C21H26ClN3O3. The van der Waals surface area contributed by atoms with Crippen LogP contribution < -0.4 is 0 Å². The molecule has 0 N–H and O–H groups in total. The van der Waals surface area contributed by atoms with Gasteiger partial charge in [0.15, 0.2) is 0 Å². The Morgan fingerprint density at radius 1 is 0.964 bits per heavy atom. The molecular weight excluding hydrogens is 378 g/mol.